The highest BCUT2D eigenvalue weighted by Gasteiger charge is 2.32. The van der Waals surface area contributed by atoms with Gasteiger partial charge in [-0.25, -0.2) is 0 Å². The van der Waals surface area contributed by atoms with E-state index in [1.54, 1.807) is 0 Å². The van der Waals surface area contributed by atoms with E-state index in [1.165, 1.54) is 184 Å². The van der Waals surface area contributed by atoms with Crippen LogP contribution in [0.5, 0.6) is 0 Å². The summed E-state index contributed by atoms with van der Waals surface area (Å²) in [6, 6.07) is 147. The van der Waals surface area contributed by atoms with Crippen LogP contribution in [-0.2, 0) is 0 Å². The minimum atomic E-state index is 0.905. The van der Waals surface area contributed by atoms with Crippen molar-refractivity contribution >= 4 is 240 Å². The third-order valence-electron chi connectivity index (χ3n) is 27.4. The monoisotopic (exact) mass is 1630 g/mol. The molecule has 7 aromatic heterocycles. The highest BCUT2D eigenvalue weighted by molar-refractivity contribution is 7.26. The number of benzene rings is 21. The van der Waals surface area contributed by atoms with Crippen molar-refractivity contribution in [2.45, 2.75) is 0 Å². The van der Waals surface area contributed by atoms with Gasteiger partial charge < -0.3 is 36.8 Å². The molecule has 9 heteroatoms. The average molecular weight is 1630 g/mol. The second kappa shape index (κ2) is 25.9. The smallest absolute Gasteiger partial charge is 0.137 e. The van der Waals surface area contributed by atoms with Crippen molar-refractivity contribution in [2.75, 3.05) is 9.80 Å². The Kier molecular flexibility index (Phi) is 14.1. The van der Waals surface area contributed by atoms with Crippen LogP contribution < -0.4 is 9.80 Å². The van der Waals surface area contributed by atoms with Gasteiger partial charge in [0, 0.05) is 158 Å². The van der Waals surface area contributed by atoms with Crippen molar-refractivity contribution in [3.8, 4) is 50.4 Å². The van der Waals surface area contributed by atoms with Crippen LogP contribution in [0.2, 0.25) is 0 Å². The highest BCUT2D eigenvalue weighted by Crippen LogP contribution is 2.57. The maximum Gasteiger partial charge on any atom is 0.137 e. The number of thiophene rings is 1. The first-order valence-corrected chi connectivity index (χ1v) is 44.2. The van der Waals surface area contributed by atoms with Crippen LogP contribution in [0.25, 0.3) is 245 Å². The zero-order valence-corrected chi connectivity index (χ0v) is 68.9. The van der Waals surface area contributed by atoms with E-state index in [0.29, 0.717) is 0 Å². The molecule has 3 aliphatic rings. The van der Waals surface area contributed by atoms with Gasteiger partial charge in [0.15, 0.2) is 0 Å². The standard InChI is InChI=1S/C44H26N2O.C40H24N2S.C34H17NO2/c1-2-11-30(12-3-1)45(33-22-19-27-9-4-5-10-29(27)25-33)31-13-6-14-32(26-31)46-36-17-7-15-34-35-16-8-18-38-42(35)44-39(47-38)24-21-28-20-23-37(46)43(40(28)44)41(34)36;1-3-9-26(10-4-1)41(27-11-5-2-6-12-27)28-19-21-29(22-20-28)42-32-15-7-13-30-31-14-8-16-34-38(31)40-35(43-34)24-18-25-17-23-33(42)39(36(25)40)37(30)32;1-2-9-26-20(5-1)21-14-13-19(17-29(21)36-26)35-24-8-3-6-22-23-7-4-10-27-32(23)34-28(37-27)16-12-18-11-15-25(35)33(30(18)34)31(22)24/h1-26H;1-24H;1-17H. The molecule has 0 unspecified atom stereocenters. The van der Waals surface area contributed by atoms with Crippen LogP contribution in [0.15, 0.2) is 420 Å². The lowest BCUT2D eigenvalue weighted by atomic mass is 9.98. The normalized spacial score (nSPS) is 12.4. The maximum atomic E-state index is 6.45. The quantitative estimate of drug-likeness (QED) is 0.144. The molecule has 0 aliphatic heterocycles. The molecule has 588 valence electrons. The number of anilines is 6. The molecule has 0 saturated carbocycles. The number of hydrogen-bond donors (Lipinski definition) is 0. The number of furan rings is 3. The number of aromatic nitrogens is 3. The fraction of sp³-hybridized carbons (Fsp3) is 0. The molecule has 8 nitrogen and oxygen atoms in total. The molecule has 21 aromatic carbocycles. The predicted octanol–water partition coefficient (Wildman–Crippen LogP) is 33.9. The fourth-order valence-corrected chi connectivity index (χ4v) is 23.5. The topological polar surface area (TPSA) is 60.7 Å². The first-order valence-electron chi connectivity index (χ1n) is 43.4. The van der Waals surface area contributed by atoms with Crippen molar-refractivity contribution in [2.24, 2.45) is 0 Å². The number of para-hydroxylation sites is 4. The fourth-order valence-electron chi connectivity index (χ4n) is 22.3. The first kappa shape index (κ1) is 68.9. The van der Waals surface area contributed by atoms with Crippen LogP contribution in [0, 0.1) is 0 Å². The highest BCUT2D eigenvalue weighted by atomic mass is 32.1. The zero-order valence-electron chi connectivity index (χ0n) is 68.1. The SMILES string of the molecule is c1ccc(N(c2cccc(-n3c4cccc5c4c4c6c(ccc7oc8cccc-5c8c76)ccc43)c2)c2ccc3ccccc3c2)cc1.c1ccc(N(c2ccccc2)c2ccc(-n3c4cccc5c4c4c6c(ccc7sc8cccc-5c8c76)ccc43)cc2)cc1.c1ccc2c(c1)oc1cc(-n3c4cccc5c4c4c6c(ccc7oc8cccc-5c8c76)ccc43)ccc12. The summed E-state index contributed by atoms with van der Waals surface area (Å²) in [5.74, 6) is 0. The van der Waals surface area contributed by atoms with Crippen molar-refractivity contribution in [3.05, 3.63) is 406 Å². The Morgan fingerprint density at radius 3 is 1.11 bits per heavy atom. The van der Waals surface area contributed by atoms with Gasteiger partial charge in [0.1, 0.15) is 33.5 Å². The van der Waals surface area contributed by atoms with E-state index in [9.17, 15) is 0 Å². The number of rotatable bonds is 9. The van der Waals surface area contributed by atoms with Crippen LogP contribution in [-0.4, -0.2) is 13.7 Å². The minimum Gasteiger partial charge on any atom is -0.456 e. The van der Waals surface area contributed by atoms with Crippen LogP contribution in [0.1, 0.15) is 0 Å². The average Bonchev–Trinajstić information content (AvgIpc) is 1.54. The maximum absolute atomic E-state index is 6.45. The van der Waals surface area contributed by atoms with Gasteiger partial charge in [0.2, 0.25) is 0 Å². The molecule has 0 saturated heterocycles. The van der Waals surface area contributed by atoms with E-state index < -0.39 is 0 Å². The largest absolute Gasteiger partial charge is 0.456 e. The summed E-state index contributed by atoms with van der Waals surface area (Å²) in [5, 5.41) is 28.0. The lowest BCUT2D eigenvalue weighted by Gasteiger charge is -2.26. The molecule has 28 aromatic rings. The molecular formula is C118H67N5O3S. The second-order valence-electron chi connectivity index (χ2n) is 34.0. The Morgan fingerprint density at radius 2 is 0.535 bits per heavy atom. The molecular weight excluding hydrogens is 1570 g/mol. The molecule has 0 bridgehead atoms. The van der Waals surface area contributed by atoms with E-state index in [0.717, 1.165) is 95.5 Å². The van der Waals surface area contributed by atoms with Gasteiger partial charge in [-0.2, -0.15) is 0 Å². The third-order valence-corrected chi connectivity index (χ3v) is 28.5. The predicted molar refractivity (Wildman–Crippen MR) is 533 cm³/mol. The van der Waals surface area contributed by atoms with E-state index in [2.05, 4.69) is 418 Å². The van der Waals surface area contributed by atoms with Gasteiger partial charge in [-0.1, -0.05) is 218 Å². The summed E-state index contributed by atoms with van der Waals surface area (Å²) in [5.41, 5.74) is 30.7. The number of fused-ring (bicyclic) bond motifs is 7. The van der Waals surface area contributed by atoms with Gasteiger partial charge in [0.25, 0.3) is 0 Å². The summed E-state index contributed by atoms with van der Waals surface area (Å²) >= 11 is 1.91. The number of hydrogen-bond acceptors (Lipinski definition) is 6. The Labute approximate surface area is 728 Å². The van der Waals surface area contributed by atoms with E-state index in [4.69, 9.17) is 13.3 Å². The van der Waals surface area contributed by atoms with Crippen LogP contribution >= 0.6 is 11.3 Å². The molecule has 3 aliphatic carbocycles. The number of nitrogens with zero attached hydrogens (tertiary/aromatic N) is 5. The molecule has 0 N–H and O–H groups in total. The molecule has 127 heavy (non-hydrogen) atoms. The summed E-state index contributed by atoms with van der Waals surface area (Å²) in [4.78, 5) is 4.67. The van der Waals surface area contributed by atoms with E-state index in [1.807, 2.05) is 23.5 Å². The molecule has 0 fully saturated rings. The van der Waals surface area contributed by atoms with Crippen molar-refractivity contribution in [1.29, 1.82) is 0 Å². The van der Waals surface area contributed by atoms with Gasteiger partial charge in [-0.05, 0) is 242 Å². The summed E-state index contributed by atoms with van der Waals surface area (Å²) in [6.45, 7) is 0. The Morgan fingerprint density at radius 1 is 0.173 bits per heavy atom. The van der Waals surface area contributed by atoms with Gasteiger partial charge >= 0.3 is 0 Å². The zero-order chi connectivity index (χ0) is 82.5. The summed E-state index contributed by atoms with van der Waals surface area (Å²) in [6.07, 6.45) is 0. The van der Waals surface area contributed by atoms with E-state index in [-0.39, 0.29) is 0 Å². The Hall–Kier alpha value is -16.7. The van der Waals surface area contributed by atoms with Crippen molar-refractivity contribution < 1.29 is 13.3 Å². The third kappa shape index (κ3) is 9.64. The second-order valence-corrected chi connectivity index (χ2v) is 35.0. The van der Waals surface area contributed by atoms with Crippen LogP contribution in [0.3, 0.4) is 0 Å². The summed E-state index contributed by atoms with van der Waals surface area (Å²) < 4.78 is 29.1. The lowest BCUT2D eigenvalue weighted by molar-refractivity contribution is 0.668. The Bertz CT molecular complexity index is 9640. The first-order chi connectivity index (χ1) is 63.0. The van der Waals surface area contributed by atoms with Gasteiger partial charge in [-0.15, -0.1) is 11.3 Å². The Balaban J connectivity index is 0.0000000952. The molecule has 0 amide bonds. The molecule has 0 atom stereocenters. The minimum absolute atomic E-state index is 0.905. The van der Waals surface area contributed by atoms with Crippen molar-refractivity contribution in [1.82, 2.24) is 13.7 Å². The lowest BCUT2D eigenvalue weighted by Crippen LogP contribution is -2.10. The van der Waals surface area contributed by atoms with Gasteiger partial charge in [-0.3, -0.25) is 0 Å². The van der Waals surface area contributed by atoms with Gasteiger partial charge in [0.05, 0.1) is 33.1 Å². The summed E-state index contributed by atoms with van der Waals surface area (Å²) in [7, 11) is 0. The molecule has 0 spiro atoms. The molecule has 7 heterocycles. The van der Waals surface area contributed by atoms with Crippen LogP contribution in [0.4, 0.5) is 34.1 Å². The molecule has 31 rings (SSSR count). The molecule has 0 radical (unpaired) electrons. The van der Waals surface area contributed by atoms with E-state index >= 15 is 0 Å². The van der Waals surface area contributed by atoms with Crippen molar-refractivity contribution in [3.63, 3.8) is 0 Å².